The number of allylic oxidation sites excluding steroid dienone is 2. The summed E-state index contributed by atoms with van der Waals surface area (Å²) in [6.07, 6.45) is 2.28. The Morgan fingerprint density at radius 1 is 1.26 bits per heavy atom. The van der Waals surface area contributed by atoms with Crippen LogP contribution in [-0.2, 0) is 4.79 Å². The number of ketones is 1. The zero-order chi connectivity index (χ0) is 17.2. The van der Waals surface area contributed by atoms with E-state index < -0.39 is 0 Å². The number of hydrogen-bond donors (Lipinski definition) is 1. The van der Waals surface area contributed by atoms with E-state index >= 15 is 0 Å². The number of carbonyl (C=O) groups excluding carboxylic acids is 1. The minimum Gasteiger partial charge on any atom is -0.511 e. The highest BCUT2D eigenvalue weighted by molar-refractivity contribution is 6.42. The molecule has 0 saturated heterocycles. The number of benzene rings is 1. The van der Waals surface area contributed by atoms with Crippen LogP contribution in [-0.4, -0.2) is 16.6 Å². The molecule has 3 nitrogen and oxygen atoms in total. The average Bonchev–Trinajstić information content (AvgIpc) is 2.41. The Labute approximate surface area is 147 Å². The van der Waals surface area contributed by atoms with E-state index in [2.05, 4.69) is 4.99 Å². The van der Waals surface area contributed by atoms with Gasteiger partial charge in [-0.2, -0.15) is 0 Å². The topological polar surface area (TPSA) is 49.7 Å². The first-order chi connectivity index (χ1) is 10.7. The lowest BCUT2D eigenvalue weighted by Crippen LogP contribution is -2.32. The highest BCUT2D eigenvalue weighted by Gasteiger charge is 2.36. The second kappa shape index (κ2) is 7.06. The lowest BCUT2D eigenvalue weighted by Gasteiger charge is -2.31. The van der Waals surface area contributed by atoms with Crippen LogP contribution in [0.3, 0.4) is 0 Å². The van der Waals surface area contributed by atoms with Crippen molar-refractivity contribution in [3.8, 4) is 0 Å². The molecular weight excluding hydrogens is 333 g/mol. The van der Waals surface area contributed by atoms with Gasteiger partial charge in [-0.3, -0.25) is 9.79 Å². The number of carbonyl (C=O) groups is 1. The van der Waals surface area contributed by atoms with Gasteiger partial charge in [0.25, 0.3) is 0 Å². The molecule has 1 aliphatic carbocycles. The van der Waals surface area contributed by atoms with Gasteiger partial charge in [-0.1, -0.05) is 44.0 Å². The van der Waals surface area contributed by atoms with Crippen molar-refractivity contribution in [3.63, 3.8) is 0 Å². The molecule has 0 radical (unpaired) electrons. The van der Waals surface area contributed by atoms with Gasteiger partial charge in [-0.25, -0.2) is 0 Å². The van der Waals surface area contributed by atoms with Gasteiger partial charge >= 0.3 is 0 Å². The van der Waals surface area contributed by atoms with Gasteiger partial charge < -0.3 is 5.11 Å². The normalized spacial score (nSPS) is 21.6. The number of Topliss-reactive ketones (excluding diaryl/α,β-unsaturated/α-hetero) is 1. The summed E-state index contributed by atoms with van der Waals surface area (Å²) in [6, 6.07) is 5.09. The fourth-order valence-electron chi connectivity index (χ4n) is 2.78. The molecule has 0 spiro atoms. The summed E-state index contributed by atoms with van der Waals surface area (Å²) in [4.78, 5) is 17.1. The molecule has 0 atom stereocenters. The zero-order valence-electron chi connectivity index (χ0n) is 13.6. The first-order valence-electron chi connectivity index (χ1n) is 7.72. The summed E-state index contributed by atoms with van der Waals surface area (Å²) in [5.74, 6) is 0.0813. The lowest BCUT2D eigenvalue weighted by molar-refractivity contribution is -0.117. The van der Waals surface area contributed by atoms with Crippen LogP contribution in [0.1, 0.15) is 46.5 Å². The first kappa shape index (κ1) is 18.0. The molecule has 5 heteroatoms. The number of aliphatic imine (C=N–C) groups is 1. The van der Waals surface area contributed by atoms with Crippen molar-refractivity contribution in [1.29, 1.82) is 0 Å². The molecule has 124 valence electrons. The smallest absolute Gasteiger partial charge is 0.168 e. The molecule has 1 aromatic carbocycles. The Morgan fingerprint density at radius 2 is 1.96 bits per heavy atom. The van der Waals surface area contributed by atoms with Crippen LogP contribution >= 0.6 is 23.2 Å². The second-order valence-electron chi connectivity index (χ2n) is 6.67. The third kappa shape index (κ3) is 4.36. The minimum atomic E-state index is -0.178. The number of rotatable bonds is 3. The van der Waals surface area contributed by atoms with Gasteiger partial charge in [0.05, 0.1) is 27.0 Å². The number of aliphatic hydroxyl groups excluding tert-OH is 1. The molecular formula is C18H21Cl2NO2. The van der Waals surface area contributed by atoms with E-state index in [1.165, 1.54) is 0 Å². The summed E-state index contributed by atoms with van der Waals surface area (Å²) in [6.45, 7) is 6.02. The molecule has 1 aliphatic rings. The molecule has 0 aromatic heterocycles. The van der Waals surface area contributed by atoms with E-state index in [0.29, 0.717) is 46.3 Å². The van der Waals surface area contributed by atoms with Gasteiger partial charge in [0.15, 0.2) is 5.78 Å². The second-order valence-corrected chi connectivity index (χ2v) is 7.48. The van der Waals surface area contributed by atoms with E-state index in [9.17, 15) is 9.90 Å². The number of aliphatic hydroxyl groups is 1. The Hall–Kier alpha value is -1.32. The minimum absolute atomic E-state index is 0.0500. The van der Waals surface area contributed by atoms with Crippen molar-refractivity contribution in [2.75, 3.05) is 0 Å². The van der Waals surface area contributed by atoms with Gasteiger partial charge in [0.1, 0.15) is 5.76 Å². The van der Waals surface area contributed by atoms with Crippen LogP contribution in [0.2, 0.25) is 10.0 Å². The van der Waals surface area contributed by atoms with Crippen molar-refractivity contribution < 1.29 is 9.90 Å². The van der Waals surface area contributed by atoms with Crippen LogP contribution in [0.5, 0.6) is 0 Å². The van der Waals surface area contributed by atoms with Crippen LogP contribution in [0.4, 0.5) is 5.69 Å². The monoisotopic (exact) mass is 353 g/mol. The predicted molar refractivity (Wildman–Crippen MR) is 96.1 cm³/mol. The predicted octanol–water partition coefficient (Wildman–Crippen LogP) is 6.07. The van der Waals surface area contributed by atoms with Crippen molar-refractivity contribution in [2.45, 2.75) is 46.5 Å². The SMILES string of the molecule is CCCC(O)=C1C(=O)CC(C)(C)CC1=Nc1ccc(Cl)c(Cl)c1. The summed E-state index contributed by atoms with van der Waals surface area (Å²) in [5, 5.41) is 11.2. The zero-order valence-corrected chi connectivity index (χ0v) is 15.1. The lowest BCUT2D eigenvalue weighted by atomic mass is 9.73. The van der Waals surface area contributed by atoms with E-state index in [1.807, 2.05) is 20.8 Å². The van der Waals surface area contributed by atoms with Crippen LogP contribution in [0, 0.1) is 5.41 Å². The fraction of sp³-hybridized carbons (Fsp3) is 0.444. The quantitative estimate of drug-likeness (QED) is 0.529. The highest BCUT2D eigenvalue weighted by Crippen LogP contribution is 2.37. The van der Waals surface area contributed by atoms with Crippen LogP contribution in [0.25, 0.3) is 0 Å². The van der Waals surface area contributed by atoms with E-state index in [4.69, 9.17) is 23.2 Å². The maximum Gasteiger partial charge on any atom is 0.168 e. The first-order valence-corrected chi connectivity index (χ1v) is 8.47. The van der Waals surface area contributed by atoms with Crippen LogP contribution in [0.15, 0.2) is 34.5 Å². The highest BCUT2D eigenvalue weighted by atomic mass is 35.5. The molecule has 1 N–H and O–H groups in total. The summed E-state index contributed by atoms with van der Waals surface area (Å²) < 4.78 is 0. The molecule has 2 rings (SSSR count). The third-order valence-corrected chi connectivity index (χ3v) is 4.53. The van der Waals surface area contributed by atoms with E-state index in [-0.39, 0.29) is 17.0 Å². The molecule has 0 bridgehead atoms. The van der Waals surface area contributed by atoms with E-state index in [0.717, 1.165) is 6.42 Å². The average molecular weight is 354 g/mol. The Kier molecular flexibility index (Phi) is 5.53. The maximum absolute atomic E-state index is 12.5. The molecule has 1 saturated carbocycles. The molecule has 0 amide bonds. The third-order valence-electron chi connectivity index (χ3n) is 3.80. The summed E-state index contributed by atoms with van der Waals surface area (Å²) in [5.41, 5.74) is 1.44. The number of nitrogens with zero attached hydrogens (tertiary/aromatic N) is 1. The van der Waals surface area contributed by atoms with Gasteiger partial charge in [0, 0.05) is 12.8 Å². The van der Waals surface area contributed by atoms with Crippen molar-refractivity contribution in [2.24, 2.45) is 10.4 Å². The maximum atomic E-state index is 12.5. The summed E-state index contributed by atoms with van der Waals surface area (Å²) >= 11 is 12.0. The van der Waals surface area contributed by atoms with Crippen molar-refractivity contribution >= 4 is 40.4 Å². The molecule has 0 unspecified atom stereocenters. The number of halogens is 2. The Balaban J connectivity index is 2.52. The van der Waals surface area contributed by atoms with Crippen molar-refractivity contribution in [1.82, 2.24) is 0 Å². The largest absolute Gasteiger partial charge is 0.511 e. The summed E-state index contributed by atoms with van der Waals surface area (Å²) in [7, 11) is 0. The van der Waals surface area contributed by atoms with Crippen LogP contribution < -0.4 is 0 Å². The van der Waals surface area contributed by atoms with Crippen molar-refractivity contribution in [3.05, 3.63) is 39.6 Å². The Morgan fingerprint density at radius 3 is 2.57 bits per heavy atom. The Bertz CT molecular complexity index is 690. The standard InChI is InChI=1S/C18H21Cl2NO2/c1-4-5-15(22)17-14(9-18(2,3)10-16(17)23)21-11-6-7-12(19)13(20)8-11/h6-8,22H,4-5,9-10H2,1-3H3. The van der Waals surface area contributed by atoms with Gasteiger partial charge in [0.2, 0.25) is 0 Å². The van der Waals surface area contributed by atoms with Gasteiger partial charge in [-0.15, -0.1) is 0 Å². The van der Waals surface area contributed by atoms with E-state index in [1.54, 1.807) is 18.2 Å². The number of hydrogen-bond acceptors (Lipinski definition) is 3. The molecule has 1 fully saturated rings. The fourth-order valence-corrected chi connectivity index (χ4v) is 3.08. The molecule has 23 heavy (non-hydrogen) atoms. The van der Waals surface area contributed by atoms with Gasteiger partial charge in [-0.05, 0) is 36.5 Å². The molecule has 0 aliphatic heterocycles. The molecule has 1 aromatic rings. The molecule has 0 heterocycles.